The molecule has 1 aliphatic rings. The molecule has 1 saturated heterocycles. The zero-order valence-electron chi connectivity index (χ0n) is 14.7. The number of benzene rings is 1. The average Bonchev–Trinajstić information content (AvgIpc) is 2.70. The molecule has 8 heteroatoms. The van der Waals surface area contributed by atoms with Crippen LogP contribution in [0, 0.1) is 0 Å². The Morgan fingerprint density at radius 1 is 1.15 bits per heavy atom. The van der Waals surface area contributed by atoms with Gasteiger partial charge in [0.1, 0.15) is 6.54 Å². The van der Waals surface area contributed by atoms with Crippen LogP contribution in [0.2, 0.25) is 0 Å². The second-order valence-corrected chi connectivity index (χ2v) is 6.63. The maximum Gasteiger partial charge on any atom is 0.267 e. The van der Waals surface area contributed by atoms with Crippen molar-refractivity contribution in [1.82, 2.24) is 24.2 Å². The lowest BCUT2D eigenvalue weighted by Crippen LogP contribution is -2.45. The fraction of sp³-hybridized carbons (Fsp3) is 0.316. The van der Waals surface area contributed by atoms with Crippen molar-refractivity contribution in [3.63, 3.8) is 0 Å². The van der Waals surface area contributed by atoms with Crippen LogP contribution in [0.25, 0.3) is 10.9 Å². The second-order valence-electron chi connectivity index (χ2n) is 6.63. The molecule has 0 N–H and O–H groups in total. The Balaban J connectivity index is 1.56. The zero-order chi connectivity index (χ0) is 18.8. The summed E-state index contributed by atoms with van der Waals surface area (Å²) in [5.41, 5.74) is 0.257. The zero-order valence-corrected chi connectivity index (χ0v) is 14.7. The molecule has 1 amide bonds. The lowest BCUT2D eigenvalue weighted by atomic mass is 10.1. The van der Waals surface area contributed by atoms with Crippen LogP contribution in [-0.2, 0) is 11.3 Å². The van der Waals surface area contributed by atoms with E-state index in [4.69, 9.17) is 0 Å². The molecule has 0 spiro atoms. The van der Waals surface area contributed by atoms with E-state index in [0.717, 1.165) is 17.5 Å². The van der Waals surface area contributed by atoms with Crippen LogP contribution in [0.5, 0.6) is 0 Å². The summed E-state index contributed by atoms with van der Waals surface area (Å²) in [6.45, 7) is 0.921. The summed E-state index contributed by atoms with van der Waals surface area (Å²) in [6, 6.07) is 10.0. The quantitative estimate of drug-likeness (QED) is 0.685. The van der Waals surface area contributed by atoms with Crippen molar-refractivity contribution in [2.45, 2.75) is 25.4 Å². The van der Waals surface area contributed by atoms with E-state index >= 15 is 0 Å². The van der Waals surface area contributed by atoms with Crippen molar-refractivity contribution in [3.8, 4) is 0 Å². The van der Waals surface area contributed by atoms with E-state index in [1.165, 1.54) is 12.3 Å². The van der Waals surface area contributed by atoms with Gasteiger partial charge in [-0.05, 0) is 31.0 Å². The van der Waals surface area contributed by atoms with Crippen LogP contribution in [-0.4, -0.2) is 43.2 Å². The Labute approximate surface area is 154 Å². The number of carbonyl (C=O) groups excluding carboxylic acids is 1. The Morgan fingerprint density at radius 3 is 2.85 bits per heavy atom. The van der Waals surface area contributed by atoms with Crippen LogP contribution in [0.1, 0.15) is 18.9 Å². The molecule has 0 aliphatic carbocycles. The highest BCUT2D eigenvalue weighted by Gasteiger charge is 2.26. The standard InChI is InChI=1S/C19H19N5O3/c25-17-8-3-9-21-24(17)12-18(26)22-10-4-5-14(11-22)23-13-20-16-7-2-1-6-15(16)19(23)27/h1-3,6-9,13-14H,4-5,10-12H2/t14-/m0/s1. The summed E-state index contributed by atoms with van der Waals surface area (Å²) in [5.74, 6) is -0.178. The molecular weight excluding hydrogens is 346 g/mol. The van der Waals surface area contributed by atoms with E-state index in [-0.39, 0.29) is 29.6 Å². The largest absolute Gasteiger partial charge is 0.339 e. The predicted octanol–water partition coefficient (Wildman–Crippen LogP) is 0.817. The first-order chi connectivity index (χ1) is 13.1. The fourth-order valence-corrected chi connectivity index (χ4v) is 3.49. The molecule has 0 bridgehead atoms. The number of likely N-dealkylation sites (tertiary alicyclic amines) is 1. The van der Waals surface area contributed by atoms with Gasteiger partial charge in [-0.15, -0.1) is 0 Å². The first-order valence-corrected chi connectivity index (χ1v) is 8.89. The lowest BCUT2D eigenvalue weighted by Gasteiger charge is -2.33. The van der Waals surface area contributed by atoms with Crippen LogP contribution in [0.4, 0.5) is 0 Å². The normalized spacial score (nSPS) is 17.2. The molecule has 2 aromatic heterocycles. The van der Waals surface area contributed by atoms with Crippen LogP contribution < -0.4 is 11.1 Å². The fourth-order valence-electron chi connectivity index (χ4n) is 3.49. The predicted molar refractivity (Wildman–Crippen MR) is 99.4 cm³/mol. The van der Waals surface area contributed by atoms with Crippen molar-refractivity contribution in [2.75, 3.05) is 13.1 Å². The molecule has 1 atom stereocenters. The number of aromatic nitrogens is 4. The van der Waals surface area contributed by atoms with Crippen LogP contribution in [0.3, 0.4) is 0 Å². The van der Waals surface area contributed by atoms with E-state index in [0.29, 0.717) is 24.0 Å². The van der Waals surface area contributed by atoms with Crippen LogP contribution in [0.15, 0.2) is 58.5 Å². The first kappa shape index (κ1) is 17.1. The van der Waals surface area contributed by atoms with E-state index in [1.807, 2.05) is 18.2 Å². The molecular formula is C19H19N5O3. The van der Waals surface area contributed by atoms with Gasteiger partial charge in [-0.3, -0.25) is 19.0 Å². The molecule has 0 saturated carbocycles. The number of rotatable bonds is 3. The molecule has 1 aliphatic heterocycles. The molecule has 27 heavy (non-hydrogen) atoms. The van der Waals surface area contributed by atoms with Crippen molar-refractivity contribution in [2.24, 2.45) is 0 Å². The minimum absolute atomic E-state index is 0.0964. The smallest absolute Gasteiger partial charge is 0.267 e. The molecule has 3 heterocycles. The van der Waals surface area contributed by atoms with Crippen molar-refractivity contribution in [3.05, 3.63) is 69.6 Å². The summed E-state index contributed by atoms with van der Waals surface area (Å²) in [6.07, 6.45) is 4.63. The van der Waals surface area contributed by atoms with Gasteiger partial charge in [0.2, 0.25) is 5.91 Å². The third-order valence-electron chi connectivity index (χ3n) is 4.90. The molecule has 0 unspecified atom stereocenters. The monoisotopic (exact) mass is 365 g/mol. The van der Waals surface area contributed by atoms with E-state index in [1.54, 1.807) is 27.9 Å². The number of para-hydroxylation sites is 1. The van der Waals surface area contributed by atoms with Gasteiger partial charge in [0.05, 0.1) is 23.3 Å². The van der Waals surface area contributed by atoms with E-state index in [2.05, 4.69) is 10.1 Å². The van der Waals surface area contributed by atoms with Gasteiger partial charge in [0.25, 0.3) is 11.1 Å². The number of carbonyl (C=O) groups is 1. The number of piperidine rings is 1. The number of fused-ring (bicyclic) bond motifs is 1. The van der Waals surface area contributed by atoms with E-state index < -0.39 is 0 Å². The molecule has 1 fully saturated rings. The first-order valence-electron chi connectivity index (χ1n) is 8.89. The molecule has 1 aromatic carbocycles. The number of hydrogen-bond acceptors (Lipinski definition) is 5. The lowest BCUT2D eigenvalue weighted by molar-refractivity contribution is -0.133. The van der Waals surface area contributed by atoms with Gasteiger partial charge >= 0.3 is 0 Å². The highest BCUT2D eigenvalue weighted by atomic mass is 16.2. The topological polar surface area (TPSA) is 90.1 Å². The molecule has 8 nitrogen and oxygen atoms in total. The summed E-state index contributed by atoms with van der Waals surface area (Å²) >= 11 is 0. The maximum atomic E-state index is 12.8. The minimum Gasteiger partial charge on any atom is -0.339 e. The summed E-state index contributed by atoms with van der Waals surface area (Å²) < 4.78 is 2.77. The summed E-state index contributed by atoms with van der Waals surface area (Å²) in [7, 11) is 0. The summed E-state index contributed by atoms with van der Waals surface area (Å²) in [4.78, 5) is 43.3. The Kier molecular flexibility index (Phi) is 4.53. The Bertz CT molecular complexity index is 1100. The van der Waals surface area contributed by atoms with Crippen molar-refractivity contribution >= 4 is 16.8 Å². The third kappa shape index (κ3) is 3.38. The van der Waals surface area contributed by atoms with Gasteiger partial charge < -0.3 is 4.90 Å². The van der Waals surface area contributed by atoms with Gasteiger partial charge in [-0.1, -0.05) is 12.1 Å². The van der Waals surface area contributed by atoms with Gasteiger partial charge in [-0.25, -0.2) is 9.67 Å². The maximum absolute atomic E-state index is 12.8. The number of hydrogen-bond donors (Lipinski definition) is 0. The van der Waals surface area contributed by atoms with Crippen LogP contribution >= 0.6 is 0 Å². The summed E-state index contributed by atoms with van der Waals surface area (Å²) in [5, 5.41) is 4.50. The highest BCUT2D eigenvalue weighted by molar-refractivity contribution is 5.77. The highest BCUT2D eigenvalue weighted by Crippen LogP contribution is 2.21. The molecule has 138 valence electrons. The van der Waals surface area contributed by atoms with Gasteiger partial charge in [0, 0.05) is 25.4 Å². The Hall–Kier alpha value is -3.29. The second kappa shape index (κ2) is 7.14. The molecule has 3 aromatic rings. The Morgan fingerprint density at radius 2 is 2.00 bits per heavy atom. The third-order valence-corrected chi connectivity index (χ3v) is 4.90. The number of nitrogens with zero attached hydrogens (tertiary/aromatic N) is 5. The average molecular weight is 365 g/mol. The number of amides is 1. The molecule has 4 rings (SSSR count). The van der Waals surface area contributed by atoms with Crippen molar-refractivity contribution in [1.29, 1.82) is 0 Å². The minimum atomic E-state index is -0.311. The van der Waals surface area contributed by atoms with Crippen molar-refractivity contribution < 1.29 is 4.79 Å². The van der Waals surface area contributed by atoms with E-state index in [9.17, 15) is 14.4 Å². The van der Waals surface area contributed by atoms with Gasteiger partial charge in [-0.2, -0.15) is 5.10 Å². The van der Waals surface area contributed by atoms with Gasteiger partial charge in [0.15, 0.2) is 0 Å². The molecule has 0 radical (unpaired) electrons. The SMILES string of the molecule is O=C(Cn1ncccc1=O)N1CCC[C@H](n2cnc3ccccc3c2=O)C1.